The number of ether oxygens (including phenoxy) is 1. The Hall–Kier alpha value is -0.650. The van der Waals surface area contributed by atoms with Gasteiger partial charge in [-0.05, 0) is 47.8 Å². The highest BCUT2D eigenvalue weighted by Gasteiger charge is 2.09. The summed E-state index contributed by atoms with van der Waals surface area (Å²) in [5.74, 6) is 0. The normalized spacial score (nSPS) is 12.1. The van der Waals surface area contributed by atoms with Gasteiger partial charge in [0.1, 0.15) is 0 Å². The van der Waals surface area contributed by atoms with Crippen LogP contribution in [0.5, 0.6) is 0 Å². The van der Waals surface area contributed by atoms with E-state index in [0.717, 1.165) is 43.6 Å². The van der Waals surface area contributed by atoms with E-state index in [0.29, 0.717) is 0 Å². The maximum Gasteiger partial charge on any atom is 0.0778 e. The van der Waals surface area contributed by atoms with Crippen molar-refractivity contribution in [2.45, 2.75) is 33.2 Å². The Kier molecular flexibility index (Phi) is 8.02. The van der Waals surface area contributed by atoms with Gasteiger partial charge >= 0.3 is 0 Å². The third-order valence-corrected chi connectivity index (χ3v) is 3.44. The van der Waals surface area contributed by atoms with Crippen molar-refractivity contribution in [1.29, 1.82) is 0 Å². The first-order chi connectivity index (χ1) is 9.20. The van der Waals surface area contributed by atoms with Crippen molar-refractivity contribution < 1.29 is 4.74 Å². The predicted molar refractivity (Wildman–Crippen MR) is 83.2 cm³/mol. The van der Waals surface area contributed by atoms with Crippen LogP contribution in [0.2, 0.25) is 0 Å². The van der Waals surface area contributed by atoms with Crippen molar-refractivity contribution in [3.05, 3.63) is 22.4 Å². The molecule has 0 atom stereocenters. The summed E-state index contributed by atoms with van der Waals surface area (Å²) in [7, 11) is 1.72. The second-order valence-electron chi connectivity index (χ2n) is 4.48. The van der Waals surface area contributed by atoms with Crippen LogP contribution in [0.15, 0.2) is 16.7 Å². The third-order valence-electron chi connectivity index (χ3n) is 2.86. The van der Waals surface area contributed by atoms with Gasteiger partial charge in [0.15, 0.2) is 0 Å². The Labute approximate surface area is 124 Å². The molecule has 0 unspecified atom stereocenters. The Morgan fingerprint density at radius 1 is 1.53 bits per heavy atom. The van der Waals surface area contributed by atoms with Crippen LogP contribution >= 0.6 is 15.9 Å². The molecular formula is C14H24BrN3O. The molecule has 1 heterocycles. The van der Waals surface area contributed by atoms with E-state index in [1.54, 1.807) is 7.11 Å². The third kappa shape index (κ3) is 5.47. The molecule has 0 bridgehead atoms. The maximum atomic E-state index is 4.99. The van der Waals surface area contributed by atoms with Gasteiger partial charge in [0, 0.05) is 20.2 Å². The molecule has 0 spiro atoms. The number of rotatable bonds is 9. The molecule has 0 aliphatic heterocycles. The molecule has 1 aromatic rings. The van der Waals surface area contributed by atoms with Crippen LogP contribution < -0.4 is 5.32 Å². The molecule has 1 rings (SSSR count). The smallest absolute Gasteiger partial charge is 0.0778 e. The number of nitrogens with zero attached hydrogens (tertiary/aromatic N) is 2. The van der Waals surface area contributed by atoms with E-state index in [1.807, 2.05) is 6.20 Å². The molecule has 0 fully saturated rings. The summed E-state index contributed by atoms with van der Waals surface area (Å²) in [6.07, 6.45) is 6.24. The highest BCUT2D eigenvalue weighted by atomic mass is 79.9. The van der Waals surface area contributed by atoms with Crippen molar-refractivity contribution in [1.82, 2.24) is 15.1 Å². The molecule has 0 saturated carbocycles. The molecular weight excluding hydrogens is 306 g/mol. The average molecular weight is 330 g/mol. The largest absolute Gasteiger partial charge is 0.383 e. The van der Waals surface area contributed by atoms with Crippen molar-refractivity contribution >= 4 is 21.5 Å². The lowest BCUT2D eigenvalue weighted by molar-refractivity contribution is 0.199. The number of methoxy groups -OCH3 is 1. The summed E-state index contributed by atoms with van der Waals surface area (Å²) >= 11 is 3.57. The molecule has 1 aromatic heterocycles. The monoisotopic (exact) mass is 329 g/mol. The van der Waals surface area contributed by atoms with E-state index in [2.05, 4.69) is 51.0 Å². The van der Waals surface area contributed by atoms with Gasteiger partial charge in [-0.1, -0.05) is 13.0 Å². The van der Waals surface area contributed by atoms with Gasteiger partial charge in [-0.2, -0.15) is 5.10 Å². The minimum absolute atomic E-state index is 0.761. The quantitative estimate of drug-likeness (QED) is 0.707. The number of aromatic nitrogens is 2. The Morgan fingerprint density at radius 2 is 2.32 bits per heavy atom. The van der Waals surface area contributed by atoms with Gasteiger partial charge in [-0.3, -0.25) is 4.68 Å². The van der Waals surface area contributed by atoms with Gasteiger partial charge in [0.05, 0.1) is 23.0 Å². The summed E-state index contributed by atoms with van der Waals surface area (Å²) in [5, 5.41) is 7.73. The maximum absolute atomic E-state index is 4.99. The fourth-order valence-corrected chi connectivity index (χ4v) is 2.53. The molecule has 0 saturated heterocycles. The summed E-state index contributed by atoms with van der Waals surface area (Å²) in [6.45, 7) is 7.90. The lowest BCUT2D eigenvalue weighted by Gasteiger charge is -2.08. The summed E-state index contributed by atoms with van der Waals surface area (Å²) in [4.78, 5) is 0. The number of nitrogens with one attached hydrogen (secondary N) is 1. The van der Waals surface area contributed by atoms with Gasteiger partial charge in [-0.25, -0.2) is 0 Å². The summed E-state index contributed by atoms with van der Waals surface area (Å²) in [5.41, 5.74) is 2.46. The zero-order valence-electron chi connectivity index (χ0n) is 12.1. The zero-order valence-corrected chi connectivity index (χ0v) is 13.7. The second kappa shape index (κ2) is 9.28. The van der Waals surface area contributed by atoms with Crippen molar-refractivity contribution in [2.24, 2.45) is 0 Å². The van der Waals surface area contributed by atoms with E-state index in [1.165, 1.54) is 11.3 Å². The van der Waals surface area contributed by atoms with Crippen LogP contribution in [0, 0.1) is 0 Å². The van der Waals surface area contributed by atoms with Gasteiger partial charge in [0.25, 0.3) is 0 Å². The van der Waals surface area contributed by atoms with Crippen LogP contribution in [-0.4, -0.2) is 36.6 Å². The lowest BCUT2D eigenvalue weighted by Crippen LogP contribution is -2.19. The predicted octanol–water partition coefficient (Wildman–Crippen LogP) is 3.09. The Balaban J connectivity index is 2.51. The van der Waals surface area contributed by atoms with Crippen LogP contribution in [0.1, 0.15) is 32.4 Å². The van der Waals surface area contributed by atoms with E-state index in [4.69, 9.17) is 4.74 Å². The highest BCUT2D eigenvalue weighted by molar-refractivity contribution is 9.10. The van der Waals surface area contributed by atoms with E-state index in [9.17, 15) is 0 Å². The average Bonchev–Trinajstić information content (AvgIpc) is 2.75. The fourth-order valence-electron chi connectivity index (χ4n) is 1.92. The molecule has 108 valence electrons. The van der Waals surface area contributed by atoms with Crippen LogP contribution in [0.4, 0.5) is 0 Å². The van der Waals surface area contributed by atoms with Crippen molar-refractivity contribution in [3.8, 4) is 0 Å². The molecule has 0 radical (unpaired) electrons. The highest BCUT2D eigenvalue weighted by Crippen LogP contribution is 2.24. The van der Waals surface area contributed by atoms with E-state index < -0.39 is 0 Å². The first kappa shape index (κ1) is 16.4. The Morgan fingerprint density at radius 3 is 3.00 bits per heavy atom. The van der Waals surface area contributed by atoms with E-state index >= 15 is 0 Å². The van der Waals surface area contributed by atoms with Crippen LogP contribution in [0.25, 0.3) is 5.57 Å². The number of aryl methyl sites for hydroxylation is 1. The minimum Gasteiger partial charge on any atom is -0.383 e. The number of hydrogen-bond donors (Lipinski definition) is 1. The number of hydrogen-bond acceptors (Lipinski definition) is 3. The molecule has 1 N–H and O–H groups in total. The summed E-state index contributed by atoms with van der Waals surface area (Å²) in [6, 6.07) is 0. The minimum atomic E-state index is 0.761. The zero-order chi connectivity index (χ0) is 14.1. The molecule has 0 amide bonds. The summed E-state index contributed by atoms with van der Waals surface area (Å²) < 4.78 is 8.13. The first-order valence-corrected chi connectivity index (χ1v) is 7.58. The number of halogens is 1. The lowest BCUT2D eigenvalue weighted by atomic mass is 10.2. The molecule has 4 nitrogen and oxygen atoms in total. The topological polar surface area (TPSA) is 39.1 Å². The second-order valence-corrected chi connectivity index (χ2v) is 5.34. The van der Waals surface area contributed by atoms with E-state index in [-0.39, 0.29) is 0 Å². The van der Waals surface area contributed by atoms with Crippen LogP contribution in [0.3, 0.4) is 0 Å². The molecule has 5 heteroatoms. The van der Waals surface area contributed by atoms with Gasteiger partial charge in [0.2, 0.25) is 0 Å². The SMILES string of the molecule is CCCn1ncc(Br)c1C(C)=CCCNCCOC. The van der Waals surface area contributed by atoms with Gasteiger partial charge in [-0.15, -0.1) is 0 Å². The molecule has 0 aromatic carbocycles. The van der Waals surface area contributed by atoms with Crippen LogP contribution in [-0.2, 0) is 11.3 Å². The first-order valence-electron chi connectivity index (χ1n) is 6.78. The van der Waals surface area contributed by atoms with Crippen molar-refractivity contribution in [2.75, 3.05) is 26.8 Å². The molecule has 19 heavy (non-hydrogen) atoms. The fraction of sp³-hybridized carbons (Fsp3) is 0.643. The van der Waals surface area contributed by atoms with Crippen molar-refractivity contribution in [3.63, 3.8) is 0 Å². The molecule has 0 aliphatic rings. The molecule has 0 aliphatic carbocycles. The number of allylic oxidation sites excluding steroid dienone is 1. The Bertz CT molecular complexity index is 401. The standard InChI is InChI=1S/C14H24BrN3O/c1-4-9-18-14(13(15)11-17-18)12(2)6-5-7-16-8-10-19-3/h6,11,16H,4-5,7-10H2,1-3H3. The van der Waals surface area contributed by atoms with Gasteiger partial charge < -0.3 is 10.1 Å².